The molecule has 1 aliphatic heterocycles. The van der Waals surface area contributed by atoms with Crippen LogP contribution in [0.15, 0.2) is 52.2 Å². The van der Waals surface area contributed by atoms with Crippen LogP contribution in [0.4, 0.5) is 0 Å². The van der Waals surface area contributed by atoms with Crippen LogP contribution >= 0.6 is 23.4 Å². The van der Waals surface area contributed by atoms with Crippen LogP contribution < -0.4 is 5.56 Å². The number of hydrogen-bond donors (Lipinski definition) is 0. The van der Waals surface area contributed by atoms with Crippen LogP contribution in [0.5, 0.6) is 0 Å². The molecule has 7 heteroatoms. The summed E-state index contributed by atoms with van der Waals surface area (Å²) in [7, 11) is 0. The van der Waals surface area contributed by atoms with Crippen LogP contribution in [-0.2, 0) is 17.7 Å². The number of hydrogen-bond acceptors (Lipinski definition) is 5. The summed E-state index contributed by atoms with van der Waals surface area (Å²) in [5.74, 6) is 1.03. The number of halogens is 1. The van der Waals surface area contributed by atoms with Crippen molar-refractivity contribution < 1.29 is 9.53 Å². The molecule has 4 rings (SSSR count). The number of fused-ring (bicyclic) bond motifs is 2. The minimum absolute atomic E-state index is 0.0354. The van der Waals surface area contributed by atoms with Crippen molar-refractivity contribution in [2.75, 3.05) is 12.4 Å². The second kappa shape index (κ2) is 7.74. The predicted molar refractivity (Wildman–Crippen MR) is 107 cm³/mol. The van der Waals surface area contributed by atoms with Crippen LogP contribution in [0.1, 0.15) is 22.6 Å². The normalized spacial score (nSPS) is 12.9. The lowest BCUT2D eigenvalue weighted by Gasteiger charge is -2.08. The van der Waals surface area contributed by atoms with Gasteiger partial charge in [-0.1, -0.05) is 11.6 Å². The third-order valence-electron chi connectivity index (χ3n) is 4.45. The van der Waals surface area contributed by atoms with Gasteiger partial charge in [-0.15, -0.1) is 11.8 Å². The number of esters is 1. The number of thioether (sulfide) groups is 1. The minimum atomic E-state index is -0.406. The zero-order valence-electron chi connectivity index (χ0n) is 14.5. The molecule has 0 spiro atoms. The Morgan fingerprint density at radius 2 is 2.04 bits per heavy atom. The van der Waals surface area contributed by atoms with Gasteiger partial charge in [-0.2, -0.15) is 0 Å². The number of aryl methyl sites for hydroxylation is 1. The fourth-order valence-electron chi connectivity index (χ4n) is 3.12. The number of nitrogens with zero attached hydrogens (tertiary/aromatic N) is 2. The van der Waals surface area contributed by atoms with Crippen LogP contribution in [-0.4, -0.2) is 27.9 Å². The van der Waals surface area contributed by atoms with Crippen molar-refractivity contribution in [1.82, 2.24) is 9.55 Å². The third-order valence-corrected chi connectivity index (χ3v) is 5.68. The van der Waals surface area contributed by atoms with Gasteiger partial charge in [0.25, 0.3) is 5.56 Å². The van der Waals surface area contributed by atoms with Crippen molar-refractivity contribution in [2.45, 2.75) is 24.3 Å². The van der Waals surface area contributed by atoms with E-state index in [0.29, 0.717) is 40.4 Å². The Bertz CT molecular complexity index is 1060. The maximum absolute atomic E-state index is 12.5. The van der Waals surface area contributed by atoms with E-state index >= 15 is 0 Å². The fourth-order valence-corrected chi connectivity index (χ4v) is 3.98. The van der Waals surface area contributed by atoms with Crippen molar-refractivity contribution in [3.05, 3.63) is 69.2 Å². The molecule has 0 N–H and O–H groups in total. The highest BCUT2D eigenvalue weighted by molar-refractivity contribution is 7.99. The summed E-state index contributed by atoms with van der Waals surface area (Å²) < 4.78 is 7.06. The Labute approximate surface area is 165 Å². The van der Waals surface area contributed by atoms with Crippen molar-refractivity contribution in [3.8, 4) is 0 Å². The van der Waals surface area contributed by atoms with E-state index in [9.17, 15) is 9.59 Å². The zero-order valence-corrected chi connectivity index (χ0v) is 16.1. The average molecular weight is 401 g/mol. The van der Waals surface area contributed by atoms with E-state index in [4.69, 9.17) is 16.3 Å². The topological polar surface area (TPSA) is 61.2 Å². The number of aromatic nitrogens is 2. The molecule has 1 aromatic heterocycles. The predicted octanol–water partition coefficient (Wildman–Crippen LogP) is 3.95. The number of carbonyl (C=O) groups is 1. The zero-order chi connectivity index (χ0) is 18.8. The SMILES string of the molecule is O=C(OCCSc1ccc(Cl)cc1)c1ccc2c(=O)n3c(nc2c1)CCC3. The van der Waals surface area contributed by atoms with Crippen LogP contribution in [0.3, 0.4) is 0 Å². The lowest BCUT2D eigenvalue weighted by atomic mass is 10.1. The molecule has 2 heterocycles. The standard InChI is InChI=1S/C20H17ClN2O3S/c21-14-4-6-15(7-5-14)27-11-10-26-20(25)13-3-8-16-17(12-13)22-18-2-1-9-23(18)19(16)24/h3-8,12H,1-2,9-11H2. The quantitative estimate of drug-likeness (QED) is 0.368. The van der Waals surface area contributed by atoms with Crippen molar-refractivity contribution in [1.29, 1.82) is 0 Å². The Balaban J connectivity index is 1.41. The maximum Gasteiger partial charge on any atom is 0.338 e. The van der Waals surface area contributed by atoms with Gasteiger partial charge in [0.1, 0.15) is 12.4 Å². The monoisotopic (exact) mass is 400 g/mol. The smallest absolute Gasteiger partial charge is 0.338 e. The van der Waals surface area contributed by atoms with Gasteiger partial charge in [0, 0.05) is 28.6 Å². The van der Waals surface area contributed by atoms with Gasteiger partial charge in [-0.25, -0.2) is 9.78 Å². The first kappa shape index (κ1) is 18.1. The number of rotatable bonds is 5. The Morgan fingerprint density at radius 1 is 1.22 bits per heavy atom. The molecule has 0 bridgehead atoms. The molecule has 0 aliphatic carbocycles. The van der Waals surface area contributed by atoms with Crippen LogP contribution in [0, 0.1) is 0 Å². The molecule has 5 nitrogen and oxygen atoms in total. The lowest BCUT2D eigenvalue weighted by Crippen LogP contribution is -2.21. The molecule has 3 aromatic rings. The van der Waals surface area contributed by atoms with E-state index in [1.165, 1.54) is 0 Å². The second-order valence-corrected chi connectivity index (χ2v) is 7.86. The molecule has 2 aromatic carbocycles. The highest BCUT2D eigenvalue weighted by atomic mass is 35.5. The molecule has 0 unspecified atom stereocenters. The fraction of sp³-hybridized carbons (Fsp3) is 0.250. The summed E-state index contributed by atoms with van der Waals surface area (Å²) in [5, 5.41) is 1.23. The second-order valence-electron chi connectivity index (χ2n) is 6.26. The van der Waals surface area contributed by atoms with E-state index in [0.717, 1.165) is 23.6 Å². The van der Waals surface area contributed by atoms with Gasteiger partial charge in [-0.05, 0) is 48.9 Å². The van der Waals surface area contributed by atoms with E-state index in [-0.39, 0.29) is 5.56 Å². The highest BCUT2D eigenvalue weighted by Crippen LogP contribution is 2.20. The summed E-state index contributed by atoms with van der Waals surface area (Å²) in [4.78, 5) is 30.4. The van der Waals surface area contributed by atoms with E-state index in [2.05, 4.69) is 4.98 Å². The van der Waals surface area contributed by atoms with Crippen molar-refractivity contribution in [3.63, 3.8) is 0 Å². The molecular formula is C20H17ClN2O3S. The molecule has 0 radical (unpaired) electrons. The molecular weight excluding hydrogens is 384 g/mol. The van der Waals surface area contributed by atoms with Crippen molar-refractivity contribution >= 4 is 40.2 Å². The van der Waals surface area contributed by atoms with Gasteiger partial charge >= 0.3 is 5.97 Å². The first-order chi connectivity index (χ1) is 13.1. The van der Waals surface area contributed by atoms with Crippen molar-refractivity contribution in [2.24, 2.45) is 0 Å². The number of ether oxygens (including phenoxy) is 1. The molecule has 138 valence electrons. The summed E-state index contributed by atoms with van der Waals surface area (Å²) >= 11 is 7.45. The van der Waals surface area contributed by atoms with E-state index in [1.54, 1.807) is 34.5 Å². The van der Waals surface area contributed by atoms with Gasteiger partial charge < -0.3 is 4.74 Å². The molecule has 27 heavy (non-hydrogen) atoms. The molecule has 0 atom stereocenters. The molecule has 0 amide bonds. The lowest BCUT2D eigenvalue weighted by molar-refractivity contribution is 0.0530. The van der Waals surface area contributed by atoms with Gasteiger partial charge in [0.15, 0.2) is 0 Å². The number of carbonyl (C=O) groups excluding carboxylic acids is 1. The first-order valence-electron chi connectivity index (χ1n) is 8.71. The van der Waals surface area contributed by atoms with Gasteiger partial charge in [-0.3, -0.25) is 9.36 Å². The molecule has 0 saturated heterocycles. The van der Waals surface area contributed by atoms with E-state index < -0.39 is 5.97 Å². The van der Waals surface area contributed by atoms with E-state index in [1.807, 2.05) is 24.3 Å². The minimum Gasteiger partial charge on any atom is -0.461 e. The largest absolute Gasteiger partial charge is 0.461 e. The van der Waals surface area contributed by atoms with Crippen LogP contribution in [0.25, 0.3) is 10.9 Å². The Hall–Kier alpha value is -2.31. The number of benzene rings is 2. The summed E-state index contributed by atoms with van der Waals surface area (Å²) in [5.41, 5.74) is 0.929. The summed E-state index contributed by atoms with van der Waals surface area (Å²) in [6.45, 7) is 1.01. The molecule has 0 fully saturated rings. The summed E-state index contributed by atoms with van der Waals surface area (Å²) in [6.07, 6.45) is 1.72. The summed E-state index contributed by atoms with van der Waals surface area (Å²) in [6, 6.07) is 12.5. The highest BCUT2D eigenvalue weighted by Gasteiger charge is 2.17. The maximum atomic E-state index is 12.5. The third kappa shape index (κ3) is 3.87. The van der Waals surface area contributed by atoms with Gasteiger partial charge in [0.2, 0.25) is 0 Å². The van der Waals surface area contributed by atoms with Gasteiger partial charge in [0.05, 0.1) is 16.5 Å². The first-order valence-corrected chi connectivity index (χ1v) is 10.1. The molecule has 1 aliphatic rings. The average Bonchev–Trinajstić information content (AvgIpc) is 3.15. The Morgan fingerprint density at radius 3 is 2.85 bits per heavy atom. The molecule has 0 saturated carbocycles. The van der Waals surface area contributed by atoms with Crippen LogP contribution in [0.2, 0.25) is 5.02 Å². The Kier molecular flexibility index (Phi) is 5.18.